The third-order valence-corrected chi connectivity index (χ3v) is 5.06. The lowest BCUT2D eigenvalue weighted by atomic mass is 10.0. The number of benzene rings is 1. The molecule has 1 saturated heterocycles. The standard InChI is InChI=1S/C16H16ClNOS/c17-10-12-9-15(19)18(11-12)16(14-7-4-8-20-14)13-5-2-1-3-6-13/h1-8,12,16H,9-11H2. The topological polar surface area (TPSA) is 20.3 Å². The van der Waals surface area contributed by atoms with Crippen LogP contribution in [0.25, 0.3) is 0 Å². The second-order valence-electron chi connectivity index (χ2n) is 5.10. The summed E-state index contributed by atoms with van der Waals surface area (Å²) in [7, 11) is 0. The van der Waals surface area contributed by atoms with Crippen molar-refractivity contribution in [3.63, 3.8) is 0 Å². The highest BCUT2D eigenvalue weighted by Crippen LogP contribution is 2.36. The molecule has 1 aromatic carbocycles. The van der Waals surface area contributed by atoms with Crippen molar-refractivity contribution >= 4 is 28.8 Å². The number of hydrogen-bond acceptors (Lipinski definition) is 2. The first kappa shape index (κ1) is 13.7. The van der Waals surface area contributed by atoms with Crippen LogP contribution in [-0.4, -0.2) is 23.2 Å². The molecule has 2 unspecified atom stereocenters. The molecule has 0 spiro atoms. The Morgan fingerprint density at radius 1 is 1.25 bits per heavy atom. The molecule has 1 aromatic heterocycles. The molecule has 3 rings (SSSR count). The van der Waals surface area contributed by atoms with Gasteiger partial charge < -0.3 is 4.90 Å². The van der Waals surface area contributed by atoms with Gasteiger partial charge in [-0.25, -0.2) is 0 Å². The van der Waals surface area contributed by atoms with Crippen LogP contribution in [0.3, 0.4) is 0 Å². The zero-order valence-corrected chi connectivity index (χ0v) is 12.6. The number of rotatable bonds is 4. The molecule has 2 heterocycles. The monoisotopic (exact) mass is 305 g/mol. The lowest BCUT2D eigenvalue weighted by Gasteiger charge is -2.28. The maximum absolute atomic E-state index is 12.3. The number of carbonyl (C=O) groups is 1. The largest absolute Gasteiger partial charge is 0.330 e. The summed E-state index contributed by atoms with van der Waals surface area (Å²) in [4.78, 5) is 15.5. The van der Waals surface area contributed by atoms with E-state index in [9.17, 15) is 4.79 Å². The van der Waals surface area contributed by atoms with Crippen molar-refractivity contribution in [1.29, 1.82) is 0 Å². The predicted octanol–water partition coefficient (Wildman–Crippen LogP) is 3.92. The van der Waals surface area contributed by atoms with E-state index >= 15 is 0 Å². The minimum absolute atomic E-state index is 0.0249. The van der Waals surface area contributed by atoms with Gasteiger partial charge in [0.05, 0.1) is 6.04 Å². The molecule has 4 heteroatoms. The first-order valence-corrected chi connectivity index (χ1v) is 8.15. The highest BCUT2D eigenvalue weighted by Gasteiger charge is 2.35. The van der Waals surface area contributed by atoms with Crippen LogP contribution in [0, 0.1) is 5.92 Å². The fraction of sp³-hybridized carbons (Fsp3) is 0.312. The number of amides is 1. The predicted molar refractivity (Wildman–Crippen MR) is 83.1 cm³/mol. The second kappa shape index (κ2) is 5.98. The maximum atomic E-state index is 12.3. The van der Waals surface area contributed by atoms with Crippen LogP contribution in [0.4, 0.5) is 0 Å². The minimum atomic E-state index is 0.0249. The summed E-state index contributed by atoms with van der Waals surface area (Å²) in [5.74, 6) is 1.03. The highest BCUT2D eigenvalue weighted by molar-refractivity contribution is 7.10. The molecule has 0 radical (unpaired) electrons. The molecule has 1 amide bonds. The molecule has 0 aliphatic carbocycles. The number of carbonyl (C=O) groups excluding carboxylic acids is 1. The van der Waals surface area contributed by atoms with E-state index in [-0.39, 0.29) is 17.9 Å². The van der Waals surface area contributed by atoms with E-state index < -0.39 is 0 Å². The highest BCUT2D eigenvalue weighted by atomic mass is 35.5. The summed E-state index contributed by atoms with van der Waals surface area (Å²) in [5, 5.41) is 2.06. The third-order valence-electron chi connectivity index (χ3n) is 3.70. The van der Waals surface area contributed by atoms with Gasteiger partial charge in [0.1, 0.15) is 0 Å². The van der Waals surface area contributed by atoms with Gasteiger partial charge in [-0.15, -0.1) is 22.9 Å². The number of thiophene rings is 1. The number of halogens is 1. The van der Waals surface area contributed by atoms with Crippen LogP contribution in [0.1, 0.15) is 22.9 Å². The molecule has 2 aromatic rings. The smallest absolute Gasteiger partial charge is 0.223 e. The van der Waals surface area contributed by atoms with Crippen molar-refractivity contribution in [1.82, 2.24) is 4.90 Å². The summed E-state index contributed by atoms with van der Waals surface area (Å²) in [6.07, 6.45) is 0.568. The Kier molecular flexibility index (Phi) is 4.08. The molecule has 1 aliphatic heterocycles. The Bertz CT molecular complexity index is 569. The van der Waals surface area contributed by atoms with Gasteiger partial charge in [-0.3, -0.25) is 4.79 Å². The first-order chi connectivity index (χ1) is 9.79. The van der Waals surface area contributed by atoms with Gasteiger partial charge in [0.2, 0.25) is 5.91 Å². The SMILES string of the molecule is O=C1CC(CCl)CN1C(c1ccccc1)c1cccs1. The molecule has 0 saturated carbocycles. The van der Waals surface area contributed by atoms with Crippen molar-refractivity contribution in [2.45, 2.75) is 12.5 Å². The van der Waals surface area contributed by atoms with E-state index in [1.807, 2.05) is 29.2 Å². The van der Waals surface area contributed by atoms with Crippen molar-refractivity contribution in [2.75, 3.05) is 12.4 Å². The van der Waals surface area contributed by atoms with E-state index in [0.717, 1.165) is 6.54 Å². The van der Waals surface area contributed by atoms with Crippen LogP contribution in [0.2, 0.25) is 0 Å². The molecule has 0 bridgehead atoms. The van der Waals surface area contributed by atoms with Crippen molar-refractivity contribution in [2.24, 2.45) is 5.92 Å². The quantitative estimate of drug-likeness (QED) is 0.784. The molecule has 1 fully saturated rings. The van der Waals surface area contributed by atoms with E-state index in [1.165, 1.54) is 10.4 Å². The van der Waals surface area contributed by atoms with Gasteiger partial charge in [-0.2, -0.15) is 0 Å². The Morgan fingerprint density at radius 3 is 2.65 bits per heavy atom. The Morgan fingerprint density at radius 2 is 2.05 bits per heavy atom. The molecule has 1 aliphatic rings. The zero-order valence-electron chi connectivity index (χ0n) is 11.0. The summed E-state index contributed by atoms with van der Waals surface area (Å²) in [6, 6.07) is 14.4. The molecule has 2 nitrogen and oxygen atoms in total. The van der Waals surface area contributed by atoms with Crippen molar-refractivity contribution < 1.29 is 4.79 Å². The molecule has 20 heavy (non-hydrogen) atoms. The van der Waals surface area contributed by atoms with Crippen LogP contribution in [0.15, 0.2) is 47.8 Å². The summed E-state index contributed by atoms with van der Waals surface area (Å²) in [5.41, 5.74) is 1.17. The fourth-order valence-electron chi connectivity index (χ4n) is 2.74. The molecular weight excluding hydrogens is 290 g/mol. The van der Waals surface area contributed by atoms with Crippen LogP contribution in [0.5, 0.6) is 0 Å². The van der Waals surface area contributed by atoms with E-state index in [0.29, 0.717) is 12.3 Å². The van der Waals surface area contributed by atoms with Crippen LogP contribution >= 0.6 is 22.9 Å². The second-order valence-corrected chi connectivity index (χ2v) is 6.39. The van der Waals surface area contributed by atoms with Crippen molar-refractivity contribution in [3.05, 3.63) is 58.3 Å². The van der Waals surface area contributed by atoms with Crippen molar-refractivity contribution in [3.8, 4) is 0 Å². The van der Waals surface area contributed by atoms with Gasteiger partial charge in [0.15, 0.2) is 0 Å². The molecule has 2 atom stereocenters. The minimum Gasteiger partial charge on any atom is -0.330 e. The normalized spacial score (nSPS) is 20.4. The van der Waals surface area contributed by atoms with E-state index in [4.69, 9.17) is 11.6 Å². The van der Waals surface area contributed by atoms with E-state index in [1.54, 1.807) is 11.3 Å². The maximum Gasteiger partial charge on any atom is 0.223 e. The Labute approximate surface area is 128 Å². The van der Waals surface area contributed by atoms with Gasteiger partial charge in [-0.05, 0) is 22.9 Å². The fourth-order valence-corrected chi connectivity index (χ4v) is 3.81. The lowest BCUT2D eigenvalue weighted by Crippen LogP contribution is -2.30. The number of nitrogens with zero attached hydrogens (tertiary/aromatic N) is 1. The Hall–Kier alpha value is -1.32. The van der Waals surface area contributed by atoms with Gasteiger partial charge >= 0.3 is 0 Å². The summed E-state index contributed by atoms with van der Waals surface area (Å²) < 4.78 is 0. The van der Waals surface area contributed by atoms with Gasteiger partial charge in [0.25, 0.3) is 0 Å². The van der Waals surface area contributed by atoms with Gasteiger partial charge in [-0.1, -0.05) is 36.4 Å². The van der Waals surface area contributed by atoms with Crippen LogP contribution < -0.4 is 0 Å². The summed E-state index contributed by atoms with van der Waals surface area (Å²) >= 11 is 7.63. The zero-order chi connectivity index (χ0) is 13.9. The lowest BCUT2D eigenvalue weighted by molar-refractivity contribution is -0.129. The summed E-state index contributed by atoms with van der Waals surface area (Å²) in [6.45, 7) is 0.750. The average Bonchev–Trinajstić information content (AvgIpc) is 3.11. The Balaban J connectivity index is 1.97. The number of alkyl halides is 1. The molecule has 0 N–H and O–H groups in total. The average molecular weight is 306 g/mol. The van der Waals surface area contributed by atoms with E-state index in [2.05, 4.69) is 23.6 Å². The third kappa shape index (κ3) is 2.60. The molecule has 104 valence electrons. The van der Waals surface area contributed by atoms with Gasteiger partial charge in [0, 0.05) is 23.7 Å². The number of hydrogen-bond donors (Lipinski definition) is 0. The number of likely N-dealkylation sites (tertiary alicyclic amines) is 1. The molecular formula is C16H16ClNOS. The van der Waals surface area contributed by atoms with Crippen LogP contribution in [-0.2, 0) is 4.79 Å². The first-order valence-electron chi connectivity index (χ1n) is 6.73.